The zero-order valence-electron chi connectivity index (χ0n) is 26.1. The molecule has 1 aliphatic heterocycles. The van der Waals surface area contributed by atoms with Gasteiger partial charge in [-0.3, -0.25) is 4.98 Å². The Hall–Kier alpha value is -5.21. The summed E-state index contributed by atoms with van der Waals surface area (Å²) in [4.78, 5) is 4.57. The van der Waals surface area contributed by atoms with Crippen LogP contribution in [0.2, 0.25) is 0 Å². The molecule has 0 bridgehead atoms. The molecule has 0 saturated heterocycles. The zero-order chi connectivity index (χ0) is 30.5. The highest BCUT2D eigenvalue weighted by Crippen LogP contribution is 2.45. The number of hydrogen-bond acceptors (Lipinski definition) is 2. The average Bonchev–Trinajstić information content (AvgIpc) is 3.37. The second-order valence-corrected chi connectivity index (χ2v) is 13.3. The number of rotatable bonds is 4. The van der Waals surface area contributed by atoms with E-state index in [0.29, 0.717) is 0 Å². The highest BCUT2D eigenvalue weighted by atomic mass is 14.8. The van der Waals surface area contributed by atoms with Gasteiger partial charge in [0.1, 0.15) is 0 Å². The van der Waals surface area contributed by atoms with Gasteiger partial charge >= 0.3 is 0 Å². The Morgan fingerprint density at radius 3 is 2.07 bits per heavy atom. The summed E-state index contributed by atoms with van der Waals surface area (Å²) in [5.74, 6) is 0. The Labute approximate surface area is 265 Å². The van der Waals surface area contributed by atoms with Crippen molar-refractivity contribution in [2.24, 2.45) is 0 Å². The van der Waals surface area contributed by atoms with Crippen LogP contribution in [0.15, 0.2) is 145 Å². The highest BCUT2D eigenvalue weighted by Gasteiger charge is 2.21. The minimum Gasteiger partial charge on any atom is -0.367 e. The quantitative estimate of drug-likeness (QED) is 0.210. The molecule has 1 aromatic heterocycles. The van der Waals surface area contributed by atoms with Crippen LogP contribution in [0.3, 0.4) is 0 Å². The van der Waals surface area contributed by atoms with E-state index in [4.69, 9.17) is 0 Å². The van der Waals surface area contributed by atoms with Gasteiger partial charge in [0.2, 0.25) is 0 Å². The molecule has 0 atom stereocenters. The van der Waals surface area contributed by atoms with Gasteiger partial charge in [-0.15, -0.1) is 0 Å². The predicted octanol–water partition coefficient (Wildman–Crippen LogP) is 11.3. The monoisotopic (exact) mass is 580 g/mol. The van der Waals surface area contributed by atoms with Crippen molar-refractivity contribution < 1.29 is 0 Å². The number of nitrogens with zero attached hydrogens (tertiary/aromatic N) is 1. The van der Waals surface area contributed by atoms with E-state index in [0.717, 1.165) is 24.1 Å². The fraction of sp³-hybridized carbons (Fsp3) is 0.140. The molecule has 8 rings (SSSR count). The van der Waals surface area contributed by atoms with Gasteiger partial charge < -0.3 is 5.32 Å². The van der Waals surface area contributed by atoms with E-state index in [1.807, 2.05) is 30.6 Å². The van der Waals surface area contributed by atoms with Crippen molar-refractivity contribution in [2.75, 3.05) is 0 Å². The number of nitrogens with one attached hydrogen (secondary N) is 1. The third kappa shape index (κ3) is 4.87. The lowest BCUT2D eigenvalue weighted by Gasteiger charge is -2.24. The molecule has 0 spiro atoms. The molecule has 6 aromatic rings. The summed E-state index contributed by atoms with van der Waals surface area (Å²) in [7, 11) is 0. The van der Waals surface area contributed by atoms with E-state index < -0.39 is 0 Å². The summed E-state index contributed by atoms with van der Waals surface area (Å²) >= 11 is 0. The van der Waals surface area contributed by atoms with Crippen LogP contribution >= 0.6 is 0 Å². The summed E-state index contributed by atoms with van der Waals surface area (Å²) in [6.45, 7) is 6.90. The van der Waals surface area contributed by atoms with Gasteiger partial charge in [0.25, 0.3) is 0 Å². The first kappa shape index (κ1) is 27.3. The van der Waals surface area contributed by atoms with E-state index in [1.165, 1.54) is 71.3 Å². The van der Waals surface area contributed by atoms with E-state index in [2.05, 4.69) is 134 Å². The fourth-order valence-corrected chi connectivity index (χ4v) is 6.97. The van der Waals surface area contributed by atoms with Crippen molar-refractivity contribution in [3.8, 4) is 22.4 Å². The maximum atomic E-state index is 4.57. The first-order valence-electron chi connectivity index (χ1n) is 15.9. The lowest BCUT2D eigenvalue weighted by Crippen LogP contribution is -2.10. The summed E-state index contributed by atoms with van der Waals surface area (Å²) < 4.78 is 0. The normalized spacial score (nSPS) is 15.2. The number of aromatic nitrogens is 1. The maximum Gasteiger partial charge on any atom is 0.0701 e. The molecule has 0 radical (unpaired) electrons. The third-order valence-electron chi connectivity index (χ3n) is 9.42. The van der Waals surface area contributed by atoms with E-state index in [-0.39, 0.29) is 5.41 Å². The summed E-state index contributed by atoms with van der Waals surface area (Å²) in [5, 5.41) is 11.3. The summed E-state index contributed by atoms with van der Waals surface area (Å²) in [6, 6.07) is 31.6. The molecule has 2 heterocycles. The Morgan fingerprint density at radius 2 is 1.38 bits per heavy atom. The van der Waals surface area contributed by atoms with Crippen molar-refractivity contribution in [2.45, 2.75) is 39.0 Å². The van der Waals surface area contributed by atoms with Crippen LogP contribution in [0.4, 0.5) is 0 Å². The zero-order valence-corrected chi connectivity index (χ0v) is 26.1. The van der Waals surface area contributed by atoms with Crippen molar-refractivity contribution >= 4 is 37.9 Å². The molecule has 1 N–H and O–H groups in total. The van der Waals surface area contributed by atoms with Gasteiger partial charge in [-0.1, -0.05) is 112 Å². The Kier molecular flexibility index (Phi) is 6.53. The van der Waals surface area contributed by atoms with Crippen LogP contribution in [-0.2, 0) is 5.41 Å². The van der Waals surface area contributed by atoms with Gasteiger partial charge in [0, 0.05) is 24.2 Å². The minimum atomic E-state index is 0.0840. The smallest absolute Gasteiger partial charge is 0.0701 e. The third-order valence-corrected chi connectivity index (χ3v) is 9.42. The molecule has 2 heteroatoms. The Morgan fingerprint density at radius 1 is 0.667 bits per heavy atom. The first-order chi connectivity index (χ1) is 21.9. The fourth-order valence-electron chi connectivity index (χ4n) is 6.97. The molecule has 0 amide bonds. The number of hydrogen-bond donors (Lipinski definition) is 1. The van der Waals surface area contributed by atoms with E-state index in [9.17, 15) is 0 Å². The highest BCUT2D eigenvalue weighted by molar-refractivity contribution is 6.27. The molecule has 2 nitrogen and oxygen atoms in total. The van der Waals surface area contributed by atoms with Crippen LogP contribution < -0.4 is 5.32 Å². The van der Waals surface area contributed by atoms with Crippen molar-refractivity contribution in [1.82, 2.24) is 10.3 Å². The molecule has 218 valence electrons. The van der Waals surface area contributed by atoms with Crippen LogP contribution in [0.25, 0.3) is 60.3 Å². The average molecular weight is 581 g/mol. The van der Waals surface area contributed by atoms with Gasteiger partial charge in [0.05, 0.1) is 5.69 Å². The second kappa shape index (κ2) is 10.7. The van der Waals surface area contributed by atoms with Crippen LogP contribution in [0.1, 0.15) is 44.7 Å². The SMILES string of the molecule is CC(C)(C)c1cc2ccc3c(C4=CC=C(C5=CNC=CC=C5)CC4)cc(-c4ccc(-c5ccccn5)cc4)c4ccc(c1)c2c34. The Balaban J connectivity index is 1.34. The summed E-state index contributed by atoms with van der Waals surface area (Å²) in [5.41, 5.74) is 11.4. The van der Waals surface area contributed by atoms with Gasteiger partial charge in [-0.05, 0) is 114 Å². The minimum absolute atomic E-state index is 0.0840. The number of benzene rings is 5. The first-order valence-corrected chi connectivity index (χ1v) is 15.9. The predicted molar refractivity (Wildman–Crippen MR) is 192 cm³/mol. The molecule has 45 heavy (non-hydrogen) atoms. The van der Waals surface area contributed by atoms with Gasteiger partial charge in [-0.2, -0.15) is 0 Å². The van der Waals surface area contributed by atoms with Gasteiger partial charge in [0.15, 0.2) is 0 Å². The summed E-state index contributed by atoms with van der Waals surface area (Å²) in [6.07, 6.45) is 18.9. The second-order valence-electron chi connectivity index (χ2n) is 13.3. The lowest BCUT2D eigenvalue weighted by atomic mass is 9.80. The van der Waals surface area contributed by atoms with Crippen LogP contribution in [0.5, 0.6) is 0 Å². The van der Waals surface area contributed by atoms with Crippen molar-refractivity contribution in [3.05, 3.63) is 156 Å². The lowest BCUT2D eigenvalue weighted by molar-refractivity contribution is 0.591. The van der Waals surface area contributed by atoms with Crippen LogP contribution in [0, 0.1) is 0 Å². The van der Waals surface area contributed by atoms with Crippen molar-refractivity contribution in [1.29, 1.82) is 0 Å². The molecule has 1 aliphatic carbocycles. The maximum absolute atomic E-state index is 4.57. The molecule has 0 unspecified atom stereocenters. The molecule has 0 saturated carbocycles. The number of pyridine rings is 1. The molecule has 0 fully saturated rings. The van der Waals surface area contributed by atoms with Crippen molar-refractivity contribution in [3.63, 3.8) is 0 Å². The van der Waals surface area contributed by atoms with Crippen LogP contribution in [-0.4, -0.2) is 4.98 Å². The molecule has 5 aromatic carbocycles. The van der Waals surface area contributed by atoms with E-state index in [1.54, 1.807) is 0 Å². The molecular weight excluding hydrogens is 544 g/mol. The van der Waals surface area contributed by atoms with Gasteiger partial charge in [-0.25, -0.2) is 0 Å². The molecule has 2 aliphatic rings. The molecular formula is C43H36N2. The van der Waals surface area contributed by atoms with E-state index >= 15 is 0 Å². The topological polar surface area (TPSA) is 24.9 Å². The largest absolute Gasteiger partial charge is 0.367 e. The number of allylic oxidation sites excluding steroid dienone is 8. The standard InChI is InChI=1S/C43H36N2/c1-43(2,3)35-24-32-18-20-36-38(29-12-10-28(11-13-29)34-8-4-6-22-44-27-34)26-39(37-21-19-33(25-35)41(32)42(36)37)30-14-16-31(17-15-30)40-9-5-7-23-45-40/h4-10,12,14-27,44H,11,13H2,1-3H3. The Bertz CT molecular complexity index is 2220.